The van der Waals surface area contributed by atoms with Gasteiger partial charge in [-0.05, 0) is 25.5 Å². The van der Waals surface area contributed by atoms with E-state index in [1.807, 2.05) is 6.07 Å². The van der Waals surface area contributed by atoms with Crippen LogP contribution in [-0.4, -0.2) is 36.4 Å². The van der Waals surface area contributed by atoms with Gasteiger partial charge in [-0.15, -0.1) is 0 Å². The maximum atomic E-state index is 12.5. The first-order chi connectivity index (χ1) is 10.9. The van der Waals surface area contributed by atoms with Gasteiger partial charge in [0, 0.05) is 18.4 Å². The number of aromatic nitrogens is 1. The summed E-state index contributed by atoms with van der Waals surface area (Å²) in [6.45, 7) is 1.61. The van der Waals surface area contributed by atoms with Crippen molar-refractivity contribution >= 4 is 15.7 Å². The van der Waals surface area contributed by atoms with Crippen molar-refractivity contribution in [1.29, 1.82) is 5.26 Å². The Morgan fingerprint density at radius 1 is 1.43 bits per heavy atom. The predicted octanol–water partition coefficient (Wildman–Crippen LogP) is 1.17. The lowest BCUT2D eigenvalue weighted by Crippen LogP contribution is -2.36. The van der Waals surface area contributed by atoms with Gasteiger partial charge in [-0.3, -0.25) is 9.36 Å². The molecule has 1 N–H and O–H groups in total. The minimum Gasteiger partial charge on any atom is -0.443 e. The molecule has 1 fully saturated rings. The van der Waals surface area contributed by atoms with Gasteiger partial charge in [0.2, 0.25) is 5.88 Å². The van der Waals surface area contributed by atoms with Crippen LogP contribution in [0.5, 0.6) is 0 Å². The Kier molecular flexibility index (Phi) is 3.74. The molecule has 1 atom stereocenters. The lowest BCUT2D eigenvalue weighted by molar-refractivity contribution is 0.0939. The number of carbonyl (C=O) groups excluding carboxylic acids is 1. The number of aryl methyl sites for hydroxylation is 1. The molecule has 3 rings (SSSR count). The van der Waals surface area contributed by atoms with Crippen molar-refractivity contribution in [3.63, 3.8) is 0 Å². The molecule has 3 heterocycles. The van der Waals surface area contributed by atoms with Crippen LogP contribution in [0.4, 0.5) is 0 Å². The average molecular weight is 333 g/mol. The van der Waals surface area contributed by atoms with Gasteiger partial charge in [0.25, 0.3) is 5.91 Å². The summed E-state index contributed by atoms with van der Waals surface area (Å²) in [5.74, 6) is 0.121. The van der Waals surface area contributed by atoms with Crippen molar-refractivity contribution in [3.8, 4) is 12.0 Å². The van der Waals surface area contributed by atoms with Crippen molar-refractivity contribution in [2.75, 3.05) is 11.5 Å². The van der Waals surface area contributed by atoms with Gasteiger partial charge >= 0.3 is 0 Å². The number of nitrogens with zero attached hydrogens (tertiary/aromatic N) is 2. The molecule has 2 aromatic heterocycles. The van der Waals surface area contributed by atoms with Gasteiger partial charge in [-0.25, -0.2) is 8.42 Å². The van der Waals surface area contributed by atoms with Crippen molar-refractivity contribution in [2.45, 2.75) is 19.4 Å². The fourth-order valence-electron chi connectivity index (χ4n) is 2.73. The quantitative estimate of drug-likeness (QED) is 0.907. The summed E-state index contributed by atoms with van der Waals surface area (Å²) in [6.07, 6.45) is 3.81. The van der Waals surface area contributed by atoms with E-state index in [4.69, 9.17) is 4.42 Å². The fourth-order valence-corrected chi connectivity index (χ4v) is 4.40. The number of hydrogen-bond donors (Lipinski definition) is 1. The zero-order chi connectivity index (χ0) is 16.6. The molecule has 1 saturated heterocycles. The molecule has 1 aliphatic rings. The third-order valence-electron chi connectivity index (χ3n) is 3.81. The molecule has 8 heteroatoms. The third-order valence-corrected chi connectivity index (χ3v) is 5.58. The summed E-state index contributed by atoms with van der Waals surface area (Å²) in [4.78, 5) is 12.5. The maximum Gasteiger partial charge on any atom is 0.256 e. The molecule has 7 nitrogen and oxygen atoms in total. The molecule has 0 aromatic carbocycles. The standard InChI is InChI=1S/C15H15N3O4S/c1-10-13(14(19)17-11-4-7-23(20,21)9-11)12(8-16)15(22-10)18-5-2-3-6-18/h2-3,5-6,11H,4,7,9H2,1H3,(H,17,19)/t11-/m0/s1. The van der Waals surface area contributed by atoms with Crippen molar-refractivity contribution in [3.05, 3.63) is 41.4 Å². The molecule has 1 aliphatic heterocycles. The van der Waals surface area contributed by atoms with E-state index in [0.29, 0.717) is 12.2 Å². The Hall–Kier alpha value is -2.53. The lowest BCUT2D eigenvalue weighted by atomic mass is 10.1. The van der Waals surface area contributed by atoms with Gasteiger partial charge in [-0.1, -0.05) is 0 Å². The predicted molar refractivity (Wildman–Crippen MR) is 82.0 cm³/mol. The van der Waals surface area contributed by atoms with Crippen LogP contribution in [-0.2, 0) is 9.84 Å². The summed E-state index contributed by atoms with van der Waals surface area (Å²) >= 11 is 0. The third kappa shape index (κ3) is 2.87. The Labute approximate surface area is 133 Å². The summed E-state index contributed by atoms with van der Waals surface area (Å²) in [5.41, 5.74) is 0.289. The molecule has 0 bridgehead atoms. The number of hydrogen-bond acceptors (Lipinski definition) is 5. The van der Waals surface area contributed by atoms with E-state index < -0.39 is 21.8 Å². The van der Waals surface area contributed by atoms with Crippen LogP contribution in [0.1, 0.15) is 28.1 Å². The largest absolute Gasteiger partial charge is 0.443 e. The van der Waals surface area contributed by atoms with Crippen molar-refractivity contribution in [2.24, 2.45) is 0 Å². The highest BCUT2D eigenvalue weighted by Gasteiger charge is 2.31. The Morgan fingerprint density at radius 3 is 2.70 bits per heavy atom. The van der Waals surface area contributed by atoms with E-state index in [1.54, 1.807) is 36.0 Å². The van der Waals surface area contributed by atoms with Gasteiger partial charge in [0.15, 0.2) is 9.84 Å². The smallest absolute Gasteiger partial charge is 0.256 e. The average Bonchev–Trinajstić information content (AvgIpc) is 3.17. The molecule has 0 radical (unpaired) electrons. The van der Waals surface area contributed by atoms with Crippen LogP contribution in [0.15, 0.2) is 28.9 Å². The van der Waals surface area contributed by atoms with Crippen molar-refractivity contribution < 1.29 is 17.6 Å². The van der Waals surface area contributed by atoms with Crippen molar-refractivity contribution in [1.82, 2.24) is 9.88 Å². The number of nitriles is 1. The molecule has 0 spiro atoms. The second-order valence-corrected chi connectivity index (χ2v) is 7.72. The molecule has 23 heavy (non-hydrogen) atoms. The monoisotopic (exact) mass is 333 g/mol. The minimum atomic E-state index is -3.09. The van der Waals surface area contributed by atoms with Crippen LogP contribution in [0.2, 0.25) is 0 Å². The van der Waals surface area contributed by atoms with Crippen LogP contribution < -0.4 is 5.32 Å². The molecule has 0 aliphatic carbocycles. The van der Waals surface area contributed by atoms with Gasteiger partial charge in [-0.2, -0.15) is 5.26 Å². The normalized spacial score (nSPS) is 19.4. The molecule has 0 unspecified atom stereocenters. The number of carbonyl (C=O) groups is 1. The molecular weight excluding hydrogens is 318 g/mol. The number of rotatable bonds is 3. The second kappa shape index (κ2) is 5.59. The molecule has 120 valence electrons. The zero-order valence-corrected chi connectivity index (χ0v) is 13.3. The zero-order valence-electron chi connectivity index (χ0n) is 12.4. The van der Waals surface area contributed by atoms with Crippen LogP contribution in [0, 0.1) is 18.3 Å². The molecule has 2 aromatic rings. The van der Waals surface area contributed by atoms with E-state index in [1.165, 1.54) is 0 Å². The van der Waals surface area contributed by atoms with Gasteiger partial charge < -0.3 is 9.73 Å². The van der Waals surface area contributed by atoms with E-state index in [2.05, 4.69) is 5.32 Å². The Balaban J connectivity index is 1.91. The summed E-state index contributed by atoms with van der Waals surface area (Å²) in [7, 11) is -3.09. The van der Waals surface area contributed by atoms with Gasteiger partial charge in [0.1, 0.15) is 23.0 Å². The molecular formula is C15H15N3O4S. The van der Waals surface area contributed by atoms with E-state index in [9.17, 15) is 18.5 Å². The maximum absolute atomic E-state index is 12.5. The second-order valence-electron chi connectivity index (χ2n) is 5.49. The topological polar surface area (TPSA) is 105 Å². The highest BCUT2D eigenvalue weighted by molar-refractivity contribution is 7.91. The number of nitrogens with one attached hydrogen (secondary N) is 1. The molecule has 1 amide bonds. The number of furan rings is 1. The first-order valence-electron chi connectivity index (χ1n) is 7.09. The van der Waals surface area contributed by atoms with E-state index in [0.717, 1.165) is 0 Å². The summed E-state index contributed by atoms with van der Waals surface area (Å²) in [6, 6.07) is 5.13. The fraction of sp³-hybridized carbons (Fsp3) is 0.333. The van der Waals surface area contributed by atoms with Gasteiger partial charge in [0.05, 0.1) is 11.5 Å². The Morgan fingerprint density at radius 2 is 2.13 bits per heavy atom. The number of amides is 1. The Bertz CT molecular complexity index is 888. The number of sulfone groups is 1. The lowest BCUT2D eigenvalue weighted by Gasteiger charge is -2.10. The van der Waals surface area contributed by atoms with Crippen LogP contribution in [0.25, 0.3) is 5.88 Å². The molecule has 0 saturated carbocycles. The first kappa shape index (κ1) is 15.4. The van der Waals surface area contributed by atoms with Crippen LogP contribution >= 0.6 is 0 Å². The minimum absolute atomic E-state index is 0.0675. The van der Waals surface area contributed by atoms with Crippen LogP contribution in [0.3, 0.4) is 0 Å². The first-order valence-corrected chi connectivity index (χ1v) is 8.91. The van der Waals surface area contributed by atoms with E-state index >= 15 is 0 Å². The summed E-state index contributed by atoms with van der Waals surface area (Å²) in [5, 5.41) is 12.1. The summed E-state index contributed by atoms with van der Waals surface area (Å²) < 4.78 is 30.1. The highest BCUT2D eigenvalue weighted by Crippen LogP contribution is 2.25. The highest BCUT2D eigenvalue weighted by atomic mass is 32.2. The van der Waals surface area contributed by atoms with E-state index in [-0.39, 0.29) is 28.5 Å². The SMILES string of the molecule is Cc1oc(-n2cccc2)c(C#N)c1C(=O)N[C@H]1CCS(=O)(=O)C1.